The van der Waals surface area contributed by atoms with Crippen LogP contribution in [0.3, 0.4) is 0 Å². The summed E-state index contributed by atoms with van der Waals surface area (Å²) in [6, 6.07) is 0.672. The Bertz CT molecular complexity index is 258. The summed E-state index contributed by atoms with van der Waals surface area (Å²) in [5.41, 5.74) is 6.50. The molecule has 2 fully saturated rings. The van der Waals surface area contributed by atoms with Gasteiger partial charge in [0.1, 0.15) is 0 Å². The van der Waals surface area contributed by atoms with Crippen molar-refractivity contribution in [1.82, 2.24) is 9.80 Å². The third-order valence-corrected chi connectivity index (χ3v) is 5.62. The standard InChI is InChI=1S/C15H31N3/c1-4-14-5-7-15(12-16,8-6-14)18-10-9-17(3)13(2)11-18/h13-14H,4-12,16H2,1-3H3. The van der Waals surface area contributed by atoms with Crippen molar-refractivity contribution in [2.45, 2.75) is 57.5 Å². The molecule has 2 N–H and O–H groups in total. The molecule has 1 saturated heterocycles. The number of nitrogens with zero attached hydrogens (tertiary/aromatic N) is 2. The highest BCUT2D eigenvalue weighted by atomic mass is 15.3. The van der Waals surface area contributed by atoms with Gasteiger partial charge in [-0.3, -0.25) is 4.90 Å². The Balaban J connectivity index is 2.00. The van der Waals surface area contributed by atoms with E-state index >= 15 is 0 Å². The van der Waals surface area contributed by atoms with Gasteiger partial charge in [0, 0.05) is 37.8 Å². The Labute approximate surface area is 113 Å². The van der Waals surface area contributed by atoms with Crippen molar-refractivity contribution < 1.29 is 0 Å². The van der Waals surface area contributed by atoms with Crippen LogP contribution in [0.15, 0.2) is 0 Å². The lowest BCUT2D eigenvalue weighted by molar-refractivity contribution is -0.0105. The second kappa shape index (κ2) is 5.89. The molecule has 1 aliphatic heterocycles. The Hall–Kier alpha value is -0.120. The van der Waals surface area contributed by atoms with Gasteiger partial charge in [-0.25, -0.2) is 0 Å². The number of hydrogen-bond acceptors (Lipinski definition) is 3. The highest BCUT2D eigenvalue weighted by Crippen LogP contribution is 2.38. The smallest absolute Gasteiger partial charge is 0.0333 e. The van der Waals surface area contributed by atoms with Crippen LogP contribution in [0.4, 0.5) is 0 Å². The maximum Gasteiger partial charge on any atom is 0.0333 e. The molecule has 1 aliphatic carbocycles. The van der Waals surface area contributed by atoms with E-state index in [1.54, 1.807) is 0 Å². The third-order valence-electron chi connectivity index (χ3n) is 5.62. The van der Waals surface area contributed by atoms with E-state index in [2.05, 4.69) is 30.7 Å². The fourth-order valence-corrected chi connectivity index (χ4v) is 3.75. The molecule has 1 atom stereocenters. The van der Waals surface area contributed by atoms with Crippen LogP contribution in [0, 0.1) is 5.92 Å². The lowest BCUT2D eigenvalue weighted by Crippen LogP contribution is -2.62. The predicted molar refractivity (Wildman–Crippen MR) is 77.7 cm³/mol. The molecule has 3 heteroatoms. The average Bonchev–Trinajstić information content (AvgIpc) is 2.42. The van der Waals surface area contributed by atoms with E-state index in [-0.39, 0.29) is 0 Å². The third kappa shape index (κ3) is 2.73. The van der Waals surface area contributed by atoms with Crippen LogP contribution in [-0.4, -0.2) is 54.6 Å². The average molecular weight is 253 g/mol. The zero-order chi connectivity index (χ0) is 13.2. The fourth-order valence-electron chi connectivity index (χ4n) is 3.75. The normalized spacial score (nSPS) is 40.0. The number of likely N-dealkylation sites (N-methyl/N-ethyl adjacent to an activating group) is 1. The van der Waals surface area contributed by atoms with E-state index in [0.29, 0.717) is 11.6 Å². The highest BCUT2D eigenvalue weighted by molar-refractivity contribution is 4.98. The zero-order valence-corrected chi connectivity index (χ0v) is 12.5. The number of piperazine rings is 1. The second-order valence-electron chi connectivity index (χ2n) is 6.56. The van der Waals surface area contributed by atoms with E-state index in [1.165, 1.54) is 51.7 Å². The quantitative estimate of drug-likeness (QED) is 0.834. The van der Waals surface area contributed by atoms with Gasteiger partial charge in [-0.1, -0.05) is 13.3 Å². The van der Waals surface area contributed by atoms with Gasteiger partial charge in [-0.2, -0.15) is 0 Å². The fraction of sp³-hybridized carbons (Fsp3) is 1.00. The second-order valence-corrected chi connectivity index (χ2v) is 6.56. The molecule has 1 saturated carbocycles. The topological polar surface area (TPSA) is 32.5 Å². The summed E-state index contributed by atoms with van der Waals surface area (Å²) < 4.78 is 0. The summed E-state index contributed by atoms with van der Waals surface area (Å²) in [7, 11) is 2.24. The first-order valence-electron chi connectivity index (χ1n) is 7.76. The van der Waals surface area contributed by atoms with Crippen LogP contribution in [0.1, 0.15) is 46.0 Å². The Morgan fingerprint density at radius 2 is 1.89 bits per heavy atom. The molecule has 0 amide bonds. The number of nitrogens with two attached hydrogens (primary N) is 1. The molecule has 2 aliphatic rings. The van der Waals surface area contributed by atoms with Crippen LogP contribution in [0.25, 0.3) is 0 Å². The van der Waals surface area contributed by atoms with Crippen LogP contribution < -0.4 is 5.73 Å². The first-order chi connectivity index (χ1) is 8.61. The molecular formula is C15H31N3. The van der Waals surface area contributed by atoms with Gasteiger partial charge in [0.15, 0.2) is 0 Å². The molecule has 0 bridgehead atoms. The molecule has 1 heterocycles. The Morgan fingerprint density at radius 1 is 1.22 bits per heavy atom. The summed E-state index contributed by atoms with van der Waals surface area (Å²) in [5.74, 6) is 0.953. The molecule has 18 heavy (non-hydrogen) atoms. The lowest BCUT2D eigenvalue weighted by atomic mass is 9.74. The van der Waals surface area contributed by atoms with Gasteiger partial charge in [0.25, 0.3) is 0 Å². The minimum Gasteiger partial charge on any atom is -0.329 e. The van der Waals surface area contributed by atoms with Crippen molar-refractivity contribution in [2.75, 3.05) is 33.2 Å². The van der Waals surface area contributed by atoms with Gasteiger partial charge < -0.3 is 10.6 Å². The molecule has 106 valence electrons. The maximum atomic E-state index is 6.18. The maximum absolute atomic E-state index is 6.18. The van der Waals surface area contributed by atoms with Crippen molar-refractivity contribution >= 4 is 0 Å². The summed E-state index contributed by atoms with van der Waals surface area (Å²) in [6.07, 6.45) is 6.75. The largest absolute Gasteiger partial charge is 0.329 e. The van der Waals surface area contributed by atoms with E-state index in [0.717, 1.165) is 12.5 Å². The summed E-state index contributed by atoms with van der Waals surface area (Å²) in [6.45, 7) is 9.12. The molecule has 2 rings (SSSR count). The molecule has 0 aromatic heterocycles. The summed E-state index contributed by atoms with van der Waals surface area (Å²) >= 11 is 0. The van der Waals surface area contributed by atoms with Gasteiger partial charge >= 0.3 is 0 Å². The van der Waals surface area contributed by atoms with E-state index in [1.807, 2.05) is 0 Å². The molecule has 0 spiro atoms. The molecular weight excluding hydrogens is 222 g/mol. The van der Waals surface area contributed by atoms with Crippen LogP contribution >= 0.6 is 0 Å². The van der Waals surface area contributed by atoms with Crippen molar-refractivity contribution in [3.8, 4) is 0 Å². The molecule has 0 aromatic carbocycles. The molecule has 3 nitrogen and oxygen atoms in total. The highest BCUT2D eigenvalue weighted by Gasteiger charge is 2.40. The van der Waals surface area contributed by atoms with Crippen LogP contribution in [-0.2, 0) is 0 Å². The number of hydrogen-bond donors (Lipinski definition) is 1. The van der Waals surface area contributed by atoms with Crippen molar-refractivity contribution in [1.29, 1.82) is 0 Å². The number of rotatable bonds is 3. The Kier molecular flexibility index (Phi) is 4.68. The van der Waals surface area contributed by atoms with E-state index < -0.39 is 0 Å². The summed E-state index contributed by atoms with van der Waals surface area (Å²) in [5, 5.41) is 0. The molecule has 0 radical (unpaired) electrons. The van der Waals surface area contributed by atoms with Gasteiger partial charge in [-0.05, 0) is 45.6 Å². The minimum atomic E-state index is 0.321. The van der Waals surface area contributed by atoms with E-state index in [9.17, 15) is 0 Å². The SMILES string of the molecule is CCC1CCC(CN)(N2CCN(C)C(C)C2)CC1. The van der Waals surface area contributed by atoms with Crippen LogP contribution in [0.5, 0.6) is 0 Å². The first kappa shape index (κ1) is 14.3. The Morgan fingerprint density at radius 3 is 2.39 bits per heavy atom. The van der Waals surface area contributed by atoms with Crippen molar-refractivity contribution in [3.05, 3.63) is 0 Å². The summed E-state index contributed by atoms with van der Waals surface area (Å²) in [4.78, 5) is 5.18. The molecule has 1 unspecified atom stereocenters. The van der Waals surface area contributed by atoms with Gasteiger partial charge in [0.05, 0.1) is 0 Å². The molecule has 0 aromatic rings. The van der Waals surface area contributed by atoms with Crippen molar-refractivity contribution in [2.24, 2.45) is 11.7 Å². The predicted octanol–water partition coefficient (Wildman–Crippen LogP) is 1.92. The lowest BCUT2D eigenvalue weighted by Gasteiger charge is -2.51. The monoisotopic (exact) mass is 253 g/mol. The van der Waals surface area contributed by atoms with Crippen molar-refractivity contribution in [3.63, 3.8) is 0 Å². The van der Waals surface area contributed by atoms with E-state index in [4.69, 9.17) is 5.73 Å². The van der Waals surface area contributed by atoms with Gasteiger partial charge in [0.2, 0.25) is 0 Å². The first-order valence-corrected chi connectivity index (χ1v) is 7.76. The van der Waals surface area contributed by atoms with Crippen LogP contribution in [0.2, 0.25) is 0 Å². The zero-order valence-electron chi connectivity index (χ0n) is 12.5. The van der Waals surface area contributed by atoms with Gasteiger partial charge in [-0.15, -0.1) is 0 Å². The minimum absolute atomic E-state index is 0.321.